The second-order valence-corrected chi connectivity index (χ2v) is 5.56. The van der Waals surface area contributed by atoms with E-state index in [2.05, 4.69) is 10.1 Å². The number of rotatable bonds is 6. The van der Waals surface area contributed by atoms with Gasteiger partial charge < -0.3 is 10.1 Å². The van der Waals surface area contributed by atoms with Gasteiger partial charge >= 0.3 is 12.3 Å². The number of thiophene rings is 1. The van der Waals surface area contributed by atoms with E-state index in [1.54, 1.807) is 11.3 Å². The van der Waals surface area contributed by atoms with Gasteiger partial charge in [0, 0.05) is 34.1 Å². The minimum absolute atomic E-state index is 0.456. The molecule has 0 aliphatic rings. The first-order chi connectivity index (χ1) is 9.95. The van der Waals surface area contributed by atoms with Crippen LogP contribution in [0.2, 0.25) is 0 Å². The fourth-order valence-electron chi connectivity index (χ4n) is 1.73. The summed E-state index contributed by atoms with van der Waals surface area (Å²) in [6.07, 6.45) is 0. The Hall–Kier alpha value is -2.22. The van der Waals surface area contributed by atoms with Crippen molar-refractivity contribution >= 4 is 22.7 Å². The van der Waals surface area contributed by atoms with Gasteiger partial charge in [-0.25, -0.2) is 0 Å². The molecule has 1 aromatic carbocycles. The summed E-state index contributed by atoms with van der Waals surface area (Å²) in [5.74, 6) is -0.456. The first kappa shape index (κ1) is 15.2. The molecule has 2 aromatic rings. The topological polar surface area (TPSA) is 64.4 Å². The minimum atomic E-state index is -3.11. The third kappa shape index (κ3) is 4.12. The Balaban J connectivity index is 2.14. The number of hydrogen-bond donors (Lipinski definition) is 1. The van der Waals surface area contributed by atoms with E-state index in [-0.39, 0.29) is 0 Å². The number of nitro benzene ring substituents is 1. The number of nitrogens with zero attached hydrogens (tertiary/aromatic N) is 1. The predicted molar refractivity (Wildman–Crippen MR) is 76.1 cm³/mol. The molecule has 0 spiro atoms. The first-order valence-electron chi connectivity index (χ1n) is 5.98. The van der Waals surface area contributed by atoms with E-state index in [9.17, 15) is 18.9 Å². The van der Waals surface area contributed by atoms with Gasteiger partial charge in [0.25, 0.3) is 0 Å². The van der Waals surface area contributed by atoms with Crippen molar-refractivity contribution in [1.82, 2.24) is 0 Å². The molecule has 8 heteroatoms. The summed E-state index contributed by atoms with van der Waals surface area (Å²) in [6, 6.07) is 7.72. The van der Waals surface area contributed by atoms with Crippen LogP contribution in [0.5, 0.6) is 5.75 Å². The summed E-state index contributed by atoms with van der Waals surface area (Å²) < 4.78 is 28.8. The van der Waals surface area contributed by atoms with E-state index in [4.69, 9.17) is 0 Å². The molecule has 0 bridgehead atoms. The molecule has 0 saturated heterocycles. The molecule has 0 fully saturated rings. The zero-order valence-electron chi connectivity index (χ0n) is 11.0. The number of aryl methyl sites for hydroxylation is 1. The summed E-state index contributed by atoms with van der Waals surface area (Å²) in [5.41, 5.74) is -0.0184. The van der Waals surface area contributed by atoms with E-state index in [0.717, 1.165) is 15.8 Å². The van der Waals surface area contributed by atoms with Gasteiger partial charge in [-0.2, -0.15) is 8.78 Å². The number of nitro groups is 1. The SMILES string of the molecule is Cc1ccc(CNc2ccc([N+](=O)[O-])c(OC(F)F)c2)s1. The third-order valence-corrected chi connectivity index (χ3v) is 3.64. The number of anilines is 1. The highest BCUT2D eigenvalue weighted by Crippen LogP contribution is 2.31. The van der Waals surface area contributed by atoms with E-state index >= 15 is 0 Å². The predicted octanol–water partition coefficient (Wildman–Crippen LogP) is 4.18. The van der Waals surface area contributed by atoms with Crippen LogP contribution in [0.4, 0.5) is 20.2 Å². The largest absolute Gasteiger partial charge is 0.427 e. The first-order valence-corrected chi connectivity index (χ1v) is 6.80. The van der Waals surface area contributed by atoms with E-state index < -0.39 is 23.0 Å². The molecule has 112 valence electrons. The standard InChI is InChI=1S/C13H12F2N2O3S/c1-8-2-4-10(21-8)7-16-9-3-5-11(17(18)19)12(6-9)20-13(14)15/h2-6,13,16H,7H2,1H3. The van der Waals surface area contributed by atoms with E-state index in [1.807, 2.05) is 19.1 Å². The van der Waals surface area contributed by atoms with E-state index in [1.165, 1.54) is 12.1 Å². The van der Waals surface area contributed by atoms with Crippen molar-refractivity contribution in [2.24, 2.45) is 0 Å². The van der Waals surface area contributed by atoms with Crippen LogP contribution in [-0.4, -0.2) is 11.5 Å². The van der Waals surface area contributed by atoms with Crippen LogP contribution in [0.25, 0.3) is 0 Å². The molecule has 1 N–H and O–H groups in total. The van der Waals surface area contributed by atoms with Gasteiger partial charge in [0.1, 0.15) is 0 Å². The molecule has 0 aliphatic heterocycles. The molecular weight excluding hydrogens is 302 g/mol. The molecule has 21 heavy (non-hydrogen) atoms. The maximum atomic E-state index is 12.3. The lowest BCUT2D eigenvalue weighted by Gasteiger charge is -2.09. The Bertz CT molecular complexity index is 646. The summed E-state index contributed by atoms with van der Waals surface area (Å²) in [6.45, 7) is -0.627. The van der Waals surface area contributed by atoms with Crippen molar-refractivity contribution in [2.75, 3.05) is 5.32 Å². The van der Waals surface area contributed by atoms with Crippen molar-refractivity contribution in [3.05, 3.63) is 50.2 Å². The lowest BCUT2D eigenvalue weighted by molar-refractivity contribution is -0.386. The molecule has 5 nitrogen and oxygen atoms in total. The quantitative estimate of drug-likeness (QED) is 0.642. The summed E-state index contributed by atoms with van der Waals surface area (Å²) in [4.78, 5) is 12.2. The molecule has 0 atom stereocenters. The van der Waals surface area contributed by atoms with Crippen molar-refractivity contribution < 1.29 is 18.4 Å². The molecular formula is C13H12F2N2O3S. The molecule has 1 heterocycles. The molecule has 0 unspecified atom stereocenters. The molecule has 0 radical (unpaired) electrons. The van der Waals surface area contributed by atoms with Crippen LogP contribution >= 0.6 is 11.3 Å². The van der Waals surface area contributed by atoms with Gasteiger partial charge in [0.2, 0.25) is 5.75 Å². The van der Waals surface area contributed by atoms with Gasteiger partial charge in [0.15, 0.2) is 0 Å². The number of halogens is 2. The van der Waals surface area contributed by atoms with Crippen molar-refractivity contribution in [1.29, 1.82) is 0 Å². The lowest BCUT2D eigenvalue weighted by Crippen LogP contribution is -2.05. The zero-order valence-corrected chi connectivity index (χ0v) is 11.8. The Kier molecular flexibility index (Phi) is 4.69. The molecule has 0 aliphatic carbocycles. The fourth-order valence-corrected chi connectivity index (χ4v) is 2.56. The number of ether oxygens (including phenoxy) is 1. The minimum Gasteiger partial charge on any atom is -0.427 e. The van der Waals surface area contributed by atoms with Gasteiger partial charge in [0.05, 0.1) is 4.92 Å². The third-order valence-electron chi connectivity index (χ3n) is 2.64. The summed E-state index contributed by atoms with van der Waals surface area (Å²) >= 11 is 1.61. The van der Waals surface area contributed by atoms with Gasteiger partial charge in [-0.15, -0.1) is 11.3 Å². The van der Waals surface area contributed by atoms with E-state index in [0.29, 0.717) is 12.2 Å². The van der Waals surface area contributed by atoms with Crippen molar-refractivity contribution in [3.8, 4) is 5.75 Å². The number of hydrogen-bond acceptors (Lipinski definition) is 5. The number of benzene rings is 1. The van der Waals surface area contributed by atoms with Gasteiger partial charge in [-0.1, -0.05) is 0 Å². The van der Waals surface area contributed by atoms with Crippen molar-refractivity contribution in [3.63, 3.8) is 0 Å². The van der Waals surface area contributed by atoms with Crippen LogP contribution in [0.3, 0.4) is 0 Å². The second kappa shape index (κ2) is 6.49. The Labute approximate surface area is 123 Å². The molecule has 2 rings (SSSR count). The summed E-state index contributed by atoms with van der Waals surface area (Å²) in [5, 5.41) is 13.8. The normalized spacial score (nSPS) is 10.7. The zero-order chi connectivity index (χ0) is 15.4. The molecule has 0 saturated carbocycles. The maximum Gasteiger partial charge on any atom is 0.387 e. The fraction of sp³-hybridized carbons (Fsp3) is 0.231. The Morgan fingerprint density at radius 1 is 1.38 bits per heavy atom. The Morgan fingerprint density at radius 3 is 2.71 bits per heavy atom. The Morgan fingerprint density at radius 2 is 2.14 bits per heavy atom. The monoisotopic (exact) mass is 314 g/mol. The number of nitrogens with one attached hydrogen (secondary N) is 1. The van der Waals surface area contributed by atoms with Gasteiger partial charge in [-0.05, 0) is 25.1 Å². The molecule has 1 aromatic heterocycles. The highest BCUT2D eigenvalue weighted by atomic mass is 32.1. The van der Waals surface area contributed by atoms with Gasteiger partial charge in [-0.3, -0.25) is 10.1 Å². The van der Waals surface area contributed by atoms with Crippen LogP contribution in [0.15, 0.2) is 30.3 Å². The van der Waals surface area contributed by atoms with Crippen LogP contribution in [0.1, 0.15) is 9.75 Å². The summed E-state index contributed by atoms with van der Waals surface area (Å²) in [7, 11) is 0. The average Bonchev–Trinajstić information content (AvgIpc) is 2.81. The average molecular weight is 314 g/mol. The van der Waals surface area contributed by atoms with Crippen LogP contribution < -0.4 is 10.1 Å². The van der Waals surface area contributed by atoms with Crippen LogP contribution in [-0.2, 0) is 6.54 Å². The highest BCUT2D eigenvalue weighted by molar-refractivity contribution is 7.11. The maximum absolute atomic E-state index is 12.3. The highest BCUT2D eigenvalue weighted by Gasteiger charge is 2.19. The smallest absolute Gasteiger partial charge is 0.387 e. The lowest BCUT2D eigenvalue weighted by atomic mass is 10.2. The molecule has 0 amide bonds. The van der Waals surface area contributed by atoms with Crippen molar-refractivity contribution in [2.45, 2.75) is 20.1 Å². The van der Waals surface area contributed by atoms with Crippen LogP contribution in [0, 0.1) is 17.0 Å². The number of alkyl halides is 2. The second-order valence-electron chi connectivity index (χ2n) is 4.18.